The standard InChI is InChI=1S/C17H27N5O.C2HF3O2/c1-19-7-5-17(6-8-19)16(23)22(15-11-18-20(2)13-15)10-9-21(17)12-14-3-4-14;3-2(4,5)1(6)7/h11,13-14H,3-10,12H2,1-2H3;(H,6,7). The van der Waals surface area contributed by atoms with Crippen molar-refractivity contribution in [3.63, 3.8) is 0 Å². The summed E-state index contributed by atoms with van der Waals surface area (Å²) in [4.78, 5) is 29.2. The summed E-state index contributed by atoms with van der Waals surface area (Å²) in [5, 5.41) is 11.4. The summed E-state index contributed by atoms with van der Waals surface area (Å²) >= 11 is 0. The summed E-state index contributed by atoms with van der Waals surface area (Å²) in [5.41, 5.74) is 0.658. The highest BCUT2D eigenvalue weighted by Gasteiger charge is 2.51. The average Bonchev–Trinajstić information content (AvgIpc) is 3.39. The number of rotatable bonds is 3. The first-order valence-corrected chi connectivity index (χ1v) is 10.1. The minimum atomic E-state index is -5.08. The number of hydrogen-bond acceptors (Lipinski definition) is 5. The fourth-order valence-corrected chi connectivity index (χ4v) is 4.11. The van der Waals surface area contributed by atoms with Crippen LogP contribution < -0.4 is 4.90 Å². The van der Waals surface area contributed by atoms with E-state index in [1.54, 1.807) is 4.68 Å². The highest BCUT2D eigenvalue weighted by atomic mass is 19.4. The molecule has 1 aromatic rings. The van der Waals surface area contributed by atoms with E-state index in [0.717, 1.165) is 57.2 Å². The van der Waals surface area contributed by atoms with Crippen molar-refractivity contribution in [2.45, 2.75) is 37.4 Å². The maximum atomic E-state index is 13.5. The van der Waals surface area contributed by atoms with Crippen molar-refractivity contribution >= 4 is 17.6 Å². The molecule has 1 N–H and O–H groups in total. The van der Waals surface area contributed by atoms with Crippen molar-refractivity contribution in [1.82, 2.24) is 19.6 Å². The van der Waals surface area contributed by atoms with Gasteiger partial charge in [-0.05, 0) is 38.6 Å². The van der Waals surface area contributed by atoms with Crippen molar-refractivity contribution in [2.75, 3.05) is 44.7 Å². The van der Waals surface area contributed by atoms with Crippen LogP contribution in [0.25, 0.3) is 0 Å². The number of likely N-dealkylation sites (tertiary alicyclic amines) is 1. The Morgan fingerprint density at radius 2 is 1.80 bits per heavy atom. The zero-order valence-electron chi connectivity index (χ0n) is 17.2. The molecule has 0 bridgehead atoms. The monoisotopic (exact) mass is 431 g/mol. The second kappa shape index (κ2) is 8.54. The van der Waals surface area contributed by atoms with Gasteiger partial charge in [-0.3, -0.25) is 14.4 Å². The number of carboxylic acid groups (broad SMARTS) is 1. The smallest absolute Gasteiger partial charge is 0.475 e. The minimum Gasteiger partial charge on any atom is -0.475 e. The van der Waals surface area contributed by atoms with Crippen molar-refractivity contribution in [3.05, 3.63) is 12.4 Å². The lowest BCUT2D eigenvalue weighted by molar-refractivity contribution is -0.192. The first-order valence-electron chi connectivity index (χ1n) is 10.1. The quantitative estimate of drug-likeness (QED) is 0.783. The van der Waals surface area contributed by atoms with Gasteiger partial charge in [-0.2, -0.15) is 18.3 Å². The van der Waals surface area contributed by atoms with E-state index in [2.05, 4.69) is 21.9 Å². The molecule has 2 saturated heterocycles. The van der Waals surface area contributed by atoms with E-state index in [1.165, 1.54) is 12.8 Å². The van der Waals surface area contributed by atoms with Crippen LogP contribution >= 0.6 is 0 Å². The van der Waals surface area contributed by atoms with Crippen LogP contribution in [0.15, 0.2) is 12.4 Å². The Bertz CT molecular complexity index is 770. The van der Waals surface area contributed by atoms with E-state index in [-0.39, 0.29) is 5.54 Å². The van der Waals surface area contributed by atoms with Gasteiger partial charge >= 0.3 is 12.1 Å². The van der Waals surface area contributed by atoms with E-state index in [1.807, 2.05) is 24.3 Å². The Morgan fingerprint density at radius 1 is 1.20 bits per heavy atom. The van der Waals surface area contributed by atoms with Gasteiger partial charge in [-0.1, -0.05) is 0 Å². The van der Waals surface area contributed by atoms with Crippen LogP contribution in [-0.2, 0) is 16.6 Å². The number of aliphatic carboxylic acids is 1. The second-order valence-electron chi connectivity index (χ2n) is 8.36. The molecular formula is C19H28F3N5O3. The van der Waals surface area contributed by atoms with Crippen molar-refractivity contribution in [2.24, 2.45) is 13.0 Å². The molecule has 168 valence electrons. The zero-order chi connectivity index (χ0) is 22.1. The molecule has 1 aromatic heterocycles. The predicted molar refractivity (Wildman–Crippen MR) is 103 cm³/mol. The van der Waals surface area contributed by atoms with Crippen LogP contribution in [0, 0.1) is 5.92 Å². The highest BCUT2D eigenvalue weighted by molar-refractivity contribution is 6.01. The summed E-state index contributed by atoms with van der Waals surface area (Å²) in [6, 6.07) is 0. The molecule has 4 rings (SSSR count). The molecule has 1 spiro atoms. The van der Waals surface area contributed by atoms with Crippen LogP contribution in [0.4, 0.5) is 18.9 Å². The Balaban J connectivity index is 0.000000318. The topological polar surface area (TPSA) is 81.9 Å². The Hall–Kier alpha value is -2.14. The molecule has 3 aliphatic rings. The maximum absolute atomic E-state index is 13.5. The largest absolute Gasteiger partial charge is 0.490 e. The van der Waals surface area contributed by atoms with Gasteiger partial charge < -0.3 is 14.9 Å². The number of aromatic nitrogens is 2. The van der Waals surface area contributed by atoms with Crippen LogP contribution in [0.5, 0.6) is 0 Å². The highest BCUT2D eigenvalue weighted by Crippen LogP contribution is 2.39. The van der Waals surface area contributed by atoms with Crippen LogP contribution in [-0.4, -0.2) is 88.0 Å². The van der Waals surface area contributed by atoms with Crippen LogP contribution in [0.1, 0.15) is 25.7 Å². The number of halogens is 3. The first kappa shape index (κ1) is 22.5. The molecule has 0 atom stereocenters. The van der Waals surface area contributed by atoms with Gasteiger partial charge in [0.05, 0.1) is 11.9 Å². The molecule has 8 nitrogen and oxygen atoms in total. The van der Waals surface area contributed by atoms with Crippen molar-refractivity contribution < 1.29 is 27.9 Å². The number of aryl methyl sites for hydroxylation is 1. The molecule has 0 radical (unpaired) electrons. The average molecular weight is 431 g/mol. The van der Waals surface area contributed by atoms with E-state index in [4.69, 9.17) is 9.90 Å². The van der Waals surface area contributed by atoms with Crippen molar-refractivity contribution in [3.8, 4) is 0 Å². The molecular weight excluding hydrogens is 403 g/mol. The summed E-state index contributed by atoms with van der Waals surface area (Å²) in [7, 11) is 4.06. The fraction of sp³-hybridized carbons (Fsp3) is 0.737. The van der Waals surface area contributed by atoms with Gasteiger partial charge in [0.1, 0.15) is 5.54 Å². The molecule has 3 heterocycles. The number of anilines is 1. The molecule has 0 aromatic carbocycles. The number of alkyl halides is 3. The Morgan fingerprint density at radius 3 is 2.27 bits per heavy atom. The zero-order valence-corrected chi connectivity index (χ0v) is 17.2. The van der Waals surface area contributed by atoms with Crippen LogP contribution in [0.3, 0.4) is 0 Å². The Kier molecular flexibility index (Phi) is 6.42. The minimum absolute atomic E-state index is 0.289. The fourth-order valence-electron chi connectivity index (χ4n) is 4.11. The molecule has 1 amide bonds. The SMILES string of the molecule is CN1CCC2(CC1)C(=O)N(c1cnn(C)c1)CCN2CC1CC1.O=C(O)C(F)(F)F. The van der Waals surface area contributed by atoms with Gasteiger partial charge in [0, 0.05) is 46.0 Å². The summed E-state index contributed by atoms with van der Waals surface area (Å²) in [5.74, 6) is -1.64. The molecule has 30 heavy (non-hydrogen) atoms. The Labute approximate surface area is 173 Å². The molecule has 11 heteroatoms. The molecule has 2 aliphatic heterocycles. The summed E-state index contributed by atoms with van der Waals surface area (Å²) in [6.07, 6.45) is 3.27. The third-order valence-electron chi connectivity index (χ3n) is 6.08. The number of carboxylic acids is 1. The van der Waals surface area contributed by atoms with E-state index in [0.29, 0.717) is 5.91 Å². The van der Waals surface area contributed by atoms with Crippen molar-refractivity contribution in [1.29, 1.82) is 0 Å². The molecule has 1 aliphatic carbocycles. The van der Waals surface area contributed by atoms with Gasteiger partial charge in [0.15, 0.2) is 0 Å². The number of piperidine rings is 1. The number of carbonyl (C=O) groups is 2. The normalized spacial score (nSPS) is 22.7. The van der Waals surface area contributed by atoms with Gasteiger partial charge in [-0.25, -0.2) is 4.79 Å². The number of hydrogen-bond donors (Lipinski definition) is 1. The number of carbonyl (C=O) groups excluding carboxylic acids is 1. The predicted octanol–water partition coefficient (Wildman–Crippen LogP) is 1.58. The van der Waals surface area contributed by atoms with Crippen LogP contribution in [0.2, 0.25) is 0 Å². The summed E-state index contributed by atoms with van der Waals surface area (Å²) < 4.78 is 33.5. The molecule has 1 saturated carbocycles. The first-order chi connectivity index (χ1) is 14.0. The second-order valence-corrected chi connectivity index (χ2v) is 8.36. The molecule has 0 unspecified atom stereocenters. The van der Waals surface area contributed by atoms with Gasteiger partial charge in [0.2, 0.25) is 5.91 Å². The van der Waals surface area contributed by atoms with Gasteiger partial charge in [0.25, 0.3) is 0 Å². The van der Waals surface area contributed by atoms with E-state index in [9.17, 15) is 18.0 Å². The maximum Gasteiger partial charge on any atom is 0.490 e. The molecule has 3 fully saturated rings. The lowest BCUT2D eigenvalue weighted by Crippen LogP contribution is -2.69. The lowest BCUT2D eigenvalue weighted by Gasteiger charge is -2.52. The summed E-state index contributed by atoms with van der Waals surface area (Å²) in [6.45, 7) is 4.90. The number of piperazine rings is 1. The number of nitrogens with zero attached hydrogens (tertiary/aromatic N) is 5. The van der Waals surface area contributed by atoms with E-state index >= 15 is 0 Å². The van der Waals surface area contributed by atoms with Gasteiger partial charge in [-0.15, -0.1) is 0 Å². The third kappa shape index (κ3) is 4.94. The number of amides is 1. The third-order valence-corrected chi connectivity index (χ3v) is 6.08. The van der Waals surface area contributed by atoms with E-state index < -0.39 is 12.1 Å². The lowest BCUT2D eigenvalue weighted by atomic mass is 9.82.